The highest BCUT2D eigenvalue weighted by atomic mass is 16.2. The highest BCUT2D eigenvalue weighted by molar-refractivity contribution is 5.95. The summed E-state index contributed by atoms with van der Waals surface area (Å²) < 4.78 is 2.06. The van der Waals surface area contributed by atoms with Gasteiger partial charge in [0, 0.05) is 30.8 Å². The normalized spacial score (nSPS) is 11.0. The molecule has 37 heavy (non-hydrogen) atoms. The first-order valence-corrected chi connectivity index (χ1v) is 13.1. The Balaban J connectivity index is 1.35. The third-order valence-corrected chi connectivity index (χ3v) is 6.70. The van der Waals surface area contributed by atoms with Crippen molar-refractivity contribution in [2.24, 2.45) is 0 Å². The van der Waals surface area contributed by atoms with Gasteiger partial charge in [-0.3, -0.25) is 9.59 Å². The maximum absolute atomic E-state index is 13.3. The minimum absolute atomic E-state index is 0.0169. The van der Waals surface area contributed by atoms with Gasteiger partial charge in [-0.15, -0.1) is 0 Å². The number of likely N-dealkylation sites (N-methyl/N-ethyl adjacent to an activating group) is 1. The lowest BCUT2D eigenvalue weighted by Gasteiger charge is -2.22. The van der Waals surface area contributed by atoms with Crippen LogP contribution in [-0.4, -0.2) is 34.5 Å². The van der Waals surface area contributed by atoms with E-state index in [1.165, 1.54) is 0 Å². The SMILES string of the molecule is CCN(C(=O)Cn1c(CCCCCNC(=O)c2ccc(C)cc2C)nc2ccccc21)c1ccccc1. The third kappa shape index (κ3) is 6.45. The number of unbranched alkanes of at least 4 members (excludes halogenated alkanes) is 2. The number of carbonyl (C=O) groups is 2. The summed E-state index contributed by atoms with van der Waals surface area (Å²) >= 11 is 0. The van der Waals surface area contributed by atoms with Crippen LogP contribution < -0.4 is 10.2 Å². The minimum Gasteiger partial charge on any atom is -0.352 e. The first kappa shape index (κ1) is 26.1. The summed E-state index contributed by atoms with van der Waals surface area (Å²) in [4.78, 5) is 32.5. The number of hydrogen-bond acceptors (Lipinski definition) is 3. The van der Waals surface area contributed by atoms with Crippen LogP contribution in [0.25, 0.3) is 11.0 Å². The van der Waals surface area contributed by atoms with E-state index in [0.717, 1.165) is 64.9 Å². The van der Waals surface area contributed by atoms with Crippen molar-refractivity contribution in [3.8, 4) is 0 Å². The summed E-state index contributed by atoms with van der Waals surface area (Å²) in [5, 5.41) is 3.04. The van der Waals surface area contributed by atoms with Gasteiger partial charge in [0.2, 0.25) is 5.91 Å². The van der Waals surface area contributed by atoms with Gasteiger partial charge >= 0.3 is 0 Å². The molecule has 0 spiro atoms. The van der Waals surface area contributed by atoms with Crippen LogP contribution in [0.2, 0.25) is 0 Å². The van der Waals surface area contributed by atoms with Gasteiger partial charge in [-0.05, 0) is 69.5 Å². The molecule has 0 fully saturated rings. The summed E-state index contributed by atoms with van der Waals surface area (Å²) in [7, 11) is 0. The zero-order valence-electron chi connectivity index (χ0n) is 22.0. The van der Waals surface area contributed by atoms with Gasteiger partial charge in [-0.2, -0.15) is 0 Å². The van der Waals surface area contributed by atoms with Crippen molar-refractivity contribution in [1.29, 1.82) is 0 Å². The van der Waals surface area contributed by atoms with Crippen LogP contribution >= 0.6 is 0 Å². The molecule has 1 N–H and O–H groups in total. The highest BCUT2D eigenvalue weighted by Crippen LogP contribution is 2.20. The van der Waals surface area contributed by atoms with E-state index in [9.17, 15) is 9.59 Å². The molecule has 0 bridgehead atoms. The molecule has 4 rings (SSSR count). The van der Waals surface area contributed by atoms with Crippen LogP contribution in [0.1, 0.15) is 53.5 Å². The van der Waals surface area contributed by atoms with E-state index in [4.69, 9.17) is 4.98 Å². The summed E-state index contributed by atoms with van der Waals surface area (Å²) in [5.74, 6) is 0.960. The topological polar surface area (TPSA) is 67.2 Å². The second-order valence-corrected chi connectivity index (χ2v) is 9.46. The molecular formula is C31H36N4O2. The van der Waals surface area contributed by atoms with Crippen molar-refractivity contribution in [3.63, 3.8) is 0 Å². The molecule has 0 aliphatic carbocycles. The molecule has 0 radical (unpaired) electrons. The quantitative estimate of drug-likeness (QED) is 0.265. The maximum Gasteiger partial charge on any atom is 0.251 e. The number of para-hydroxylation sites is 3. The van der Waals surface area contributed by atoms with E-state index in [2.05, 4.69) is 9.88 Å². The monoisotopic (exact) mass is 496 g/mol. The number of carbonyl (C=O) groups excluding carboxylic acids is 2. The van der Waals surface area contributed by atoms with Gasteiger partial charge in [0.25, 0.3) is 5.91 Å². The van der Waals surface area contributed by atoms with Crippen molar-refractivity contribution < 1.29 is 9.59 Å². The Bertz CT molecular complexity index is 1360. The van der Waals surface area contributed by atoms with E-state index >= 15 is 0 Å². The number of nitrogens with zero attached hydrogens (tertiary/aromatic N) is 3. The molecule has 192 valence electrons. The van der Waals surface area contributed by atoms with Crippen molar-refractivity contribution in [3.05, 3.63) is 95.3 Å². The Hall–Kier alpha value is -3.93. The molecule has 0 saturated heterocycles. The molecule has 3 aromatic carbocycles. The number of aromatic nitrogens is 2. The molecule has 0 unspecified atom stereocenters. The molecule has 1 heterocycles. The van der Waals surface area contributed by atoms with Gasteiger partial charge in [-0.1, -0.05) is 54.4 Å². The molecule has 6 heteroatoms. The molecular weight excluding hydrogens is 460 g/mol. The first-order valence-electron chi connectivity index (χ1n) is 13.1. The van der Waals surface area contributed by atoms with E-state index in [0.29, 0.717) is 13.1 Å². The van der Waals surface area contributed by atoms with Crippen molar-refractivity contribution in [1.82, 2.24) is 14.9 Å². The predicted octanol–water partition coefficient (Wildman–Crippen LogP) is 5.85. The Morgan fingerprint density at radius 3 is 2.43 bits per heavy atom. The lowest BCUT2D eigenvalue weighted by atomic mass is 10.1. The fourth-order valence-electron chi connectivity index (χ4n) is 4.77. The lowest BCUT2D eigenvalue weighted by molar-refractivity contribution is -0.119. The van der Waals surface area contributed by atoms with Crippen LogP contribution in [0.4, 0.5) is 5.69 Å². The fourth-order valence-corrected chi connectivity index (χ4v) is 4.77. The zero-order valence-corrected chi connectivity index (χ0v) is 22.0. The molecule has 0 aliphatic heterocycles. The maximum atomic E-state index is 13.3. The second kappa shape index (κ2) is 12.3. The van der Waals surface area contributed by atoms with Gasteiger partial charge < -0.3 is 14.8 Å². The van der Waals surface area contributed by atoms with E-state index < -0.39 is 0 Å². The second-order valence-electron chi connectivity index (χ2n) is 9.46. The molecule has 0 atom stereocenters. The number of amides is 2. The van der Waals surface area contributed by atoms with Crippen LogP contribution in [0, 0.1) is 13.8 Å². The summed E-state index contributed by atoms with van der Waals surface area (Å²) in [5.41, 5.74) is 5.69. The molecule has 0 saturated carbocycles. The van der Waals surface area contributed by atoms with Gasteiger partial charge in [0.1, 0.15) is 12.4 Å². The number of nitrogens with one attached hydrogen (secondary N) is 1. The van der Waals surface area contributed by atoms with Gasteiger partial charge in [-0.25, -0.2) is 4.98 Å². The molecule has 2 amide bonds. The molecule has 6 nitrogen and oxygen atoms in total. The van der Waals surface area contributed by atoms with Gasteiger partial charge in [0.05, 0.1) is 11.0 Å². The number of benzene rings is 3. The largest absolute Gasteiger partial charge is 0.352 e. The third-order valence-electron chi connectivity index (χ3n) is 6.70. The Labute approximate surface area is 219 Å². The summed E-state index contributed by atoms with van der Waals surface area (Å²) in [6.07, 6.45) is 3.58. The minimum atomic E-state index is -0.0169. The van der Waals surface area contributed by atoms with E-state index in [-0.39, 0.29) is 18.4 Å². The molecule has 1 aromatic heterocycles. The summed E-state index contributed by atoms with van der Waals surface area (Å²) in [6.45, 7) is 7.50. The molecule has 4 aromatic rings. The van der Waals surface area contributed by atoms with Crippen molar-refractivity contribution in [2.75, 3.05) is 18.0 Å². The van der Waals surface area contributed by atoms with Crippen LogP contribution in [0.5, 0.6) is 0 Å². The van der Waals surface area contributed by atoms with Gasteiger partial charge in [0.15, 0.2) is 0 Å². The van der Waals surface area contributed by atoms with Crippen LogP contribution in [-0.2, 0) is 17.8 Å². The van der Waals surface area contributed by atoms with Crippen molar-refractivity contribution in [2.45, 2.75) is 53.0 Å². The highest BCUT2D eigenvalue weighted by Gasteiger charge is 2.18. The lowest BCUT2D eigenvalue weighted by Crippen LogP contribution is -2.34. The fraction of sp³-hybridized carbons (Fsp3) is 0.323. The Morgan fingerprint density at radius 2 is 1.68 bits per heavy atom. The van der Waals surface area contributed by atoms with Crippen molar-refractivity contribution >= 4 is 28.5 Å². The standard InChI is InChI=1S/C31H36N4O2/c1-4-34(25-13-7-5-8-14-25)30(36)22-35-28-16-11-10-15-27(28)33-29(35)17-9-6-12-20-32-31(37)26-19-18-23(2)21-24(26)3/h5,7-8,10-11,13-16,18-19,21H,4,6,9,12,17,20,22H2,1-3H3,(H,32,37). The number of hydrogen-bond donors (Lipinski definition) is 1. The van der Waals surface area contributed by atoms with Crippen LogP contribution in [0.3, 0.4) is 0 Å². The smallest absolute Gasteiger partial charge is 0.251 e. The summed E-state index contributed by atoms with van der Waals surface area (Å²) in [6, 6.07) is 23.7. The van der Waals surface area contributed by atoms with E-state index in [1.807, 2.05) is 98.5 Å². The molecule has 0 aliphatic rings. The number of rotatable bonds is 11. The average Bonchev–Trinajstić information content (AvgIpc) is 3.24. The Morgan fingerprint density at radius 1 is 0.919 bits per heavy atom. The Kier molecular flexibility index (Phi) is 8.72. The number of imidazole rings is 1. The number of fused-ring (bicyclic) bond motifs is 1. The predicted molar refractivity (Wildman–Crippen MR) is 150 cm³/mol. The first-order chi connectivity index (χ1) is 18.0. The number of anilines is 1. The van der Waals surface area contributed by atoms with E-state index in [1.54, 1.807) is 0 Å². The zero-order chi connectivity index (χ0) is 26.2. The van der Waals surface area contributed by atoms with Crippen LogP contribution in [0.15, 0.2) is 72.8 Å². The average molecular weight is 497 g/mol. The number of aryl methyl sites for hydroxylation is 3.